The Labute approximate surface area is 229 Å². The maximum absolute atomic E-state index is 13.7. The minimum absolute atomic E-state index is 0.0363. The summed E-state index contributed by atoms with van der Waals surface area (Å²) in [6.45, 7) is 4.06. The summed E-state index contributed by atoms with van der Waals surface area (Å²) >= 11 is 1.61. The van der Waals surface area contributed by atoms with Crippen LogP contribution in [0.1, 0.15) is 47.4 Å². The average Bonchev–Trinajstić information content (AvgIpc) is 3.67. The summed E-state index contributed by atoms with van der Waals surface area (Å²) in [5.74, 6) is -1.35. The van der Waals surface area contributed by atoms with E-state index in [1.807, 2.05) is 43.5 Å². The monoisotopic (exact) mass is 546 g/mol. The Morgan fingerprint density at radius 3 is 2.49 bits per heavy atom. The smallest absolute Gasteiger partial charge is 0.260 e. The highest BCUT2D eigenvalue weighted by Gasteiger charge is 2.52. The van der Waals surface area contributed by atoms with Gasteiger partial charge in [-0.3, -0.25) is 24.0 Å². The molecular formula is C29H30N4O5S. The van der Waals surface area contributed by atoms with Gasteiger partial charge in [0.1, 0.15) is 17.6 Å². The van der Waals surface area contributed by atoms with Crippen molar-refractivity contribution in [3.8, 4) is 10.4 Å². The zero-order valence-corrected chi connectivity index (χ0v) is 22.6. The summed E-state index contributed by atoms with van der Waals surface area (Å²) in [4.78, 5) is 71.7. The van der Waals surface area contributed by atoms with Crippen molar-refractivity contribution < 1.29 is 19.2 Å². The van der Waals surface area contributed by atoms with Crippen LogP contribution in [0.3, 0.4) is 0 Å². The maximum Gasteiger partial charge on any atom is 0.260 e. The third kappa shape index (κ3) is 5.29. The zero-order chi connectivity index (χ0) is 27.7. The van der Waals surface area contributed by atoms with Crippen LogP contribution in [-0.2, 0) is 9.59 Å². The second-order valence-electron chi connectivity index (χ2n) is 10.4. The number of ketones is 1. The molecule has 3 aromatic rings. The lowest BCUT2D eigenvalue weighted by atomic mass is 10.0. The van der Waals surface area contributed by atoms with Crippen molar-refractivity contribution >= 4 is 34.8 Å². The first-order valence-corrected chi connectivity index (χ1v) is 13.9. The topological polar surface area (TPSA) is 120 Å². The maximum atomic E-state index is 13.7. The second-order valence-corrected chi connectivity index (χ2v) is 11.3. The van der Waals surface area contributed by atoms with Gasteiger partial charge in [0.15, 0.2) is 5.78 Å². The Bertz CT molecular complexity index is 1450. The van der Waals surface area contributed by atoms with Gasteiger partial charge in [-0.1, -0.05) is 32.0 Å². The van der Waals surface area contributed by atoms with Gasteiger partial charge in [0.25, 0.3) is 17.4 Å². The summed E-state index contributed by atoms with van der Waals surface area (Å²) < 4.78 is 0. The molecule has 5 rings (SSSR count). The van der Waals surface area contributed by atoms with Crippen LogP contribution in [0.25, 0.3) is 10.4 Å². The van der Waals surface area contributed by atoms with Crippen molar-refractivity contribution in [2.75, 3.05) is 13.1 Å². The number of rotatable bonds is 7. The highest BCUT2D eigenvalue weighted by molar-refractivity contribution is 7.13. The molecule has 0 bridgehead atoms. The molecule has 3 unspecified atom stereocenters. The van der Waals surface area contributed by atoms with Crippen LogP contribution in [0.15, 0.2) is 64.9 Å². The fourth-order valence-corrected chi connectivity index (χ4v) is 6.18. The molecule has 0 aliphatic carbocycles. The lowest BCUT2D eigenvalue weighted by Crippen LogP contribution is -2.53. The van der Waals surface area contributed by atoms with Gasteiger partial charge in [0.2, 0.25) is 5.91 Å². The molecule has 0 radical (unpaired) electrons. The SMILES string of the molecule is CC(C)CC(NC(=O)c1ccc(-c2cccs2)cc1)C(=O)N1CCC2C1C(=O)CN2C(=O)c1ccc[nH]c1=O. The number of carbonyl (C=O) groups is 4. The minimum atomic E-state index is -0.817. The third-order valence-corrected chi connectivity index (χ3v) is 8.20. The van der Waals surface area contributed by atoms with Gasteiger partial charge >= 0.3 is 0 Å². The lowest BCUT2D eigenvalue weighted by Gasteiger charge is -2.29. The molecule has 2 saturated heterocycles. The van der Waals surface area contributed by atoms with Crippen molar-refractivity contribution in [3.05, 3.63) is 81.6 Å². The van der Waals surface area contributed by atoms with Crippen LogP contribution >= 0.6 is 11.3 Å². The molecule has 39 heavy (non-hydrogen) atoms. The highest BCUT2D eigenvalue weighted by atomic mass is 32.1. The Kier molecular flexibility index (Phi) is 7.47. The first-order valence-electron chi connectivity index (χ1n) is 13.0. The van der Waals surface area contributed by atoms with E-state index in [0.717, 1.165) is 10.4 Å². The van der Waals surface area contributed by atoms with E-state index in [2.05, 4.69) is 10.3 Å². The van der Waals surface area contributed by atoms with Gasteiger partial charge in [0, 0.05) is 23.2 Å². The predicted molar refractivity (Wildman–Crippen MR) is 147 cm³/mol. The number of likely N-dealkylation sites (tertiary alicyclic amines) is 2. The summed E-state index contributed by atoms with van der Waals surface area (Å²) in [6.07, 6.45) is 2.27. The molecule has 10 heteroatoms. The molecule has 3 atom stereocenters. The van der Waals surface area contributed by atoms with Gasteiger partial charge in [-0.25, -0.2) is 0 Å². The lowest BCUT2D eigenvalue weighted by molar-refractivity contribution is -0.138. The van der Waals surface area contributed by atoms with Crippen molar-refractivity contribution in [2.24, 2.45) is 5.92 Å². The van der Waals surface area contributed by atoms with Crippen molar-refractivity contribution in [2.45, 2.75) is 44.8 Å². The molecule has 0 spiro atoms. The van der Waals surface area contributed by atoms with Crippen molar-refractivity contribution in [1.82, 2.24) is 20.1 Å². The van der Waals surface area contributed by atoms with Crippen LogP contribution < -0.4 is 10.9 Å². The van der Waals surface area contributed by atoms with Crippen LogP contribution in [-0.4, -0.2) is 69.5 Å². The molecule has 2 aromatic heterocycles. The quantitative estimate of drug-likeness (QED) is 0.472. The van der Waals surface area contributed by atoms with E-state index in [1.54, 1.807) is 29.5 Å². The molecule has 2 aliphatic heterocycles. The third-order valence-electron chi connectivity index (χ3n) is 7.28. The number of aromatic amines is 1. The number of hydrogen-bond donors (Lipinski definition) is 2. The van der Waals surface area contributed by atoms with Crippen LogP contribution in [0.4, 0.5) is 0 Å². The highest BCUT2D eigenvalue weighted by Crippen LogP contribution is 2.31. The van der Waals surface area contributed by atoms with Crippen LogP contribution in [0.5, 0.6) is 0 Å². The molecule has 2 aliphatic rings. The molecule has 3 amide bonds. The molecule has 1 aromatic carbocycles. The van der Waals surface area contributed by atoms with E-state index in [0.29, 0.717) is 18.4 Å². The van der Waals surface area contributed by atoms with E-state index in [4.69, 9.17) is 0 Å². The standard InChI is InChI=1S/C29H30N4O5S/c1-17(2)15-21(31-26(35)19-9-7-18(8-10-19)24-6-4-14-39-24)29(38)32-13-11-22-25(32)23(34)16-33(22)28(37)20-5-3-12-30-27(20)36/h3-10,12,14,17,21-22,25H,11,13,15-16H2,1-2H3,(H,30,36)(H,31,35). The fraction of sp³-hybridized carbons (Fsp3) is 0.345. The summed E-state index contributed by atoms with van der Waals surface area (Å²) in [6, 6.07) is 12.1. The minimum Gasteiger partial charge on any atom is -0.340 e. The largest absolute Gasteiger partial charge is 0.340 e. The summed E-state index contributed by atoms with van der Waals surface area (Å²) in [5.41, 5.74) is 0.895. The Morgan fingerprint density at radius 1 is 1.05 bits per heavy atom. The normalized spacial score (nSPS) is 19.3. The number of hydrogen-bond acceptors (Lipinski definition) is 6. The van der Waals surface area contributed by atoms with Crippen LogP contribution in [0, 0.1) is 5.92 Å². The number of carbonyl (C=O) groups excluding carboxylic acids is 4. The van der Waals surface area contributed by atoms with Gasteiger partial charge < -0.3 is 20.1 Å². The van der Waals surface area contributed by atoms with E-state index in [1.165, 1.54) is 22.1 Å². The number of aromatic nitrogens is 1. The zero-order valence-electron chi connectivity index (χ0n) is 21.8. The summed E-state index contributed by atoms with van der Waals surface area (Å²) in [7, 11) is 0. The fourth-order valence-electron chi connectivity index (χ4n) is 5.45. The molecule has 4 heterocycles. The molecule has 2 N–H and O–H groups in total. The van der Waals surface area contributed by atoms with Gasteiger partial charge in [-0.2, -0.15) is 0 Å². The first-order chi connectivity index (χ1) is 18.7. The van der Waals surface area contributed by atoms with Gasteiger partial charge in [-0.15, -0.1) is 11.3 Å². The Balaban J connectivity index is 1.31. The number of Topliss-reactive ketones (excluding diaryl/α,β-unsaturated/α-hetero) is 1. The molecule has 2 fully saturated rings. The number of nitrogens with zero attached hydrogens (tertiary/aromatic N) is 2. The van der Waals surface area contributed by atoms with Gasteiger partial charge in [-0.05, 0) is 60.0 Å². The van der Waals surface area contributed by atoms with E-state index >= 15 is 0 Å². The van der Waals surface area contributed by atoms with Crippen molar-refractivity contribution in [1.29, 1.82) is 0 Å². The predicted octanol–water partition coefficient (Wildman–Crippen LogP) is 2.94. The molecular weight excluding hydrogens is 516 g/mol. The Hall–Kier alpha value is -4.05. The Morgan fingerprint density at radius 2 is 1.82 bits per heavy atom. The number of pyridine rings is 1. The van der Waals surface area contributed by atoms with E-state index in [9.17, 15) is 24.0 Å². The number of fused-ring (bicyclic) bond motifs is 1. The number of H-pyrrole nitrogens is 1. The second kappa shape index (κ2) is 11.0. The van der Waals surface area contributed by atoms with E-state index < -0.39 is 29.6 Å². The van der Waals surface area contributed by atoms with Gasteiger partial charge in [0.05, 0.1) is 12.6 Å². The number of amides is 3. The molecule has 9 nitrogen and oxygen atoms in total. The molecule has 0 saturated carbocycles. The van der Waals surface area contributed by atoms with E-state index in [-0.39, 0.29) is 42.2 Å². The van der Waals surface area contributed by atoms with Crippen molar-refractivity contribution in [3.63, 3.8) is 0 Å². The summed E-state index contributed by atoms with van der Waals surface area (Å²) in [5, 5.41) is 4.89. The number of thiophene rings is 1. The first kappa shape index (κ1) is 26.6. The molecule has 202 valence electrons. The van der Waals surface area contributed by atoms with Crippen LogP contribution in [0.2, 0.25) is 0 Å². The number of nitrogens with one attached hydrogen (secondary N) is 2. The number of benzene rings is 1. The average molecular weight is 547 g/mol.